The molecule has 6 aliphatic rings. The monoisotopic (exact) mass is 655 g/mol. The summed E-state index contributed by atoms with van der Waals surface area (Å²) < 4.78 is 7.37. The highest BCUT2D eigenvalue weighted by Gasteiger charge is 2.61. The minimum atomic E-state index is -0.0220. The van der Waals surface area contributed by atoms with Gasteiger partial charge in [0.15, 0.2) is 5.75 Å². The van der Waals surface area contributed by atoms with Crippen LogP contribution in [0.25, 0.3) is 11.1 Å². The first-order valence-electron chi connectivity index (χ1n) is 19.2. The maximum atomic E-state index is 7.37. The van der Waals surface area contributed by atoms with Crippen molar-refractivity contribution in [1.82, 2.24) is 0 Å². The summed E-state index contributed by atoms with van der Waals surface area (Å²) in [5, 5.41) is 0. The van der Waals surface area contributed by atoms with Gasteiger partial charge in [0.2, 0.25) is 0 Å². The molecule has 2 heteroatoms. The number of ether oxygens (including phenoxy) is 1. The second-order valence-electron chi connectivity index (χ2n) is 17.6. The summed E-state index contributed by atoms with van der Waals surface area (Å²) >= 11 is 0. The highest BCUT2D eigenvalue weighted by molar-refractivity contribution is 5.94. The number of para-hydroxylation sites is 2. The second-order valence-corrected chi connectivity index (χ2v) is 17.6. The number of benzene rings is 5. The summed E-state index contributed by atoms with van der Waals surface area (Å²) in [6.45, 7) is 9.72. The SMILES string of the molecule is CC1(C)CCC(C)(C)c2cc(N(c3ccccc3)c3c(-c4ccccc4)ccc4c3Oc3ccccc3C43C4CC5CC(C4)CC3C5)ccc21. The molecule has 1 spiro atoms. The third kappa shape index (κ3) is 4.33. The zero-order valence-electron chi connectivity index (χ0n) is 30.1. The van der Waals surface area contributed by atoms with E-state index in [1.807, 2.05) is 0 Å². The van der Waals surface area contributed by atoms with E-state index in [9.17, 15) is 0 Å². The summed E-state index contributed by atoms with van der Waals surface area (Å²) in [4.78, 5) is 2.54. The first kappa shape index (κ1) is 30.5. The molecule has 50 heavy (non-hydrogen) atoms. The molecule has 4 saturated carbocycles. The number of anilines is 3. The fourth-order valence-corrected chi connectivity index (χ4v) is 11.7. The predicted octanol–water partition coefficient (Wildman–Crippen LogP) is 13.0. The van der Waals surface area contributed by atoms with Gasteiger partial charge in [0, 0.05) is 33.5 Å². The molecule has 4 fully saturated rings. The van der Waals surface area contributed by atoms with Gasteiger partial charge in [0.05, 0.1) is 5.69 Å². The molecule has 0 amide bonds. The van der Waals surface area contributed by atoms with Crippen molar-refractivity contribution in [3.05, 3.63) is 138 Å². The Hall–Kier alpha value is -4.30. The molecule has 0 radical (unpaired) electrons. The van der Waals surface area contributed by atoms with E-state index in [4.69, 9.17) is 4.74 Å². The minimum Gasteiger partial charge on any atom is -0.454 e. The van der Waals surface area contributed by atoms with Crippen LogP contribution in [-0.2, 0) is 16.2 Å². The maximum absolute atomic E-state index is 7.37. The fourth-order valence-electron chi connectivity index (χ4n) is 11.7. The quantitative estimate of drug-likeness (QED) is 0.191. The van der Waals surface area contributed by atoms with Crippen molar-refractivity contribution in [2.24, 2.45) is 23.7 Å². The highest BCUT2D eigenvalue weighted by atomic mass is 16.5. The maximum Gasteiger partial charge on any atom is 0.156 e. The number of hydrogen-bond acceptors (Lipinski definition) is 2. The summed E-state index contributed by atoms with van der Waals surface area (Å²) in [5.74, 6) is 5.17. The van der Waals surface area contributed by atoms with Crippen LogP contribution in [0.2, 0.25) is 0 Å². The number of rotatable bonds is 4. The molecule has 5 aromatic rings. The lowest BCUT2D eigenvalue weighted by atomic mass is 9.41. The zero-order chi connectivity index (χ0) is 33.8. The van der Waals surface area contributed by atoms with Crippen molar-refractivity contribution in [2.75, 3.05) is 4.90 Å². The summed E-state index contributed by atoms with van der Waals surface area (Å²) in [6, 6.07) is 43.4. The molecular formula is C48H49NO. The van der Waals surface area contributed by atoms with Gasteiger partial charge in [-0.25, -0.2) is 0 Å². The lowest BCUT2D eigenvalue weighted by molar-refractivity contribution is -0.0451. The number of nitrogens with zero attached hydrogens (tertiary/aromatic N) is 1. The summed E-state index contributed by atoms with van der Waals surface area (Å²) in [7, 11) is 0. The van der Waals surface area contributed by atoms with Gasteiger partial charge in [-0.1, -0.05) is 113 Å². The average Bonchev–Trinajstić information content (AvgIpc) is 3.13. The van der Waals surface area contributed by atoms with Crippen LogP contribution in [0.5, 0.6) is 11.5 Å². The Kier molecular flexibility index (Phi) is 6.62. The van der Waals surface area contributed by atoms with E-state index in [0.29, 0.717) is 11.8 Å². The lowest BCUT2D eigenvalue weighted by Gasteiger charge is -2.63. The van der Waals surface area contributed by atoms with Gasteiger partial charge in [-0.2, -0.15) is 0 Å². The molecule has 0 atom stereocenters. The van der Waals surface area contributed by atoms with Crippen LogP contribution in [0.3, 0.4) is 0 Å². The van der Waals surface area contributed by atoms with Crippen LogP contribution >= 0.6 is 0 Å². The Morgan fingerprint density at radius 3 is 1.84 bits per heavy atom. The third-order valence-electron chi connectivity index (χ3n) is 14.0. The van der Waals surface area contributed by atoms with Crippen molar-refractivity contribution in [3.8, 4) is 22.6 Å². The lowest BCUT2D eigenvalue weighted by Crippen LogP contribution is -2.57. The zero-order valence-corrected chi connectivity index (χ0v) is 30.1. The van der Waals surface area contributed by atoms with E-state index in [1.165, 1.54) is 84.0 Å². The third-order valence-corrected chi connectivity index (χ3v) is 14.0. The van der Waals surface area contributed by atoms with Crippen molar-refractivity contribution in [1.29, 1.82) is 0 Å². The first-order valence-corrected chi connectivity index (χ1v) is 19.2. The topological polar surface area (TPSA) is 12.5 Å². The molecule has 0 aromatic heterocycles. The van der Waals surface area contributed by atoms with E-state index in [2.05, 4.69) is 148 Å². The predicted molar refractivity (Wildman–Crippen MR) is 206 cm³/mol. The molecule has 5 aromatic carbocycles. The fraction of sp³-hybridized carbons (Fsp3) is 0.375. The van der Waals surface area contributed by atoms with Gasteiger partial charge in [-0.05, 0) is 126 Å². The van der Waals surface area contributed by atoms with E-state index in [-0.39, 0.29) is 16.2 Å². The van der Waals surface area contributed by atoms with Gasteiger partial charge < -0.3 is 9.64 Å². The smallest absolute Gasteiger partial charge is 0.156 e. The highest BCUT2D eigenvalue weighted by Crippen LogP contribution is 2.70. The second kappa shape index (κ2) is 10.8. The normalized spacial score (nSPS) is 27.6. The standard InChI is InChI=1S/C48H49NO/c1-46(2)23-24-47(3,4)42-30-37(19-21-39(42)46)49(36-15-9-6-10-16-36)44-38(33-13-7-5-8-14-33)20-22-41-45(44)50-43-18-12-11-17-40(43)48(41)34-26-31-25-32(28-34)29-35(48)27-31/h5-22,30-32,34-35H,23-29H2,1-4H3. The van der Waals surface area contributed by atoms with Crippen LogP contribution in [0.4, 0.5) is 17.1 Å². The van der Waals surface area contributed by atoms with Crippen LogP contribution < -0.4 is 9.64 Å². The molecule has 252 valence electrons. The largest absolute Gasteiger partial charge is 0.454 e. The molecule has 5 aliphatic carbocycles. The van der Waals surface area contributed by atoms with Crippen molar-refractivity contribution in [2.45, 2.75) is 88.9 Å². The van der Waals surface area contributed by atoms with Crippen molar-refractivity contribution >= 4 is 17.1 Å². The Morgan fingerprint density at radius 2 is 1.14 bits per heavy atom. The minimum absolute atomic E-state index is 0.0220. The number of hydrogen-bond donors (Lipinski definition) is 0. The summed E-state index contributed by atoms with van der Waals surface area (Å²) in [6.07, 6.45) is 9.20. The van der Waals surface area contributed by atoms with Gasteiger partial charge in [-0.15, -0.1) is 0 Å². The van der Waals surface area contributed by atoms with Gasteiger partial charge >= 0.3 is 0 Å². The van der Waals surface area contributed by atoms with Crippen LogP contribution in [0.15, 0.2) is 115 Å². The summed E-state index contributed by atoms with van der Waals surface area (Å²) in [5.41, 5.74) is 12.0. The van der Waals surface area contributed by atoms with Gasteiger partial charge in [0.1, 0.15) is 5.75 Å². The molecule has 0 saturated heterocycles. The Labute approximate surface area is 298 Å². The molecule has 1 heterocycles. The van der Waals surface area contributed by atoms with Crippen LogP contribution in [-0.4, -0.2) is 0 Å². The Balaban J connectivity index is 1.28. The van der Waals surface area contributed by atoms with Crippen LogP contribution in [0.1, 0.15) is 94.9 Å². The molecule has 1 aliphatic heterocycles. The molecule has 4 bridgehead atoms. The van der Waals surface area contributed by atoms with Gasteiger partial charge in [0.25, 0.3) is 0 Å². The van der Waals surface area contributed by atoms with E-state index >= 15 is 0 Å². The Morgan fingerprint density at radius 1 is 0.540 bits per heavy atom. The van der Waals surface area contributed by atoms with Crippen LogP contribution in [0, 0.1) is 23.7 Å². The molecule has 2 nitrogen and oxygen atoms in total. The van der Waals surface area contributed by atoms with Gasteiger partial charge in [-0.3, -0.25) is 0 Å². The molecule has 0 N–H and O–H groups in total. The Bertz CT molecular complexity index is 2080. The molecular weight excluding hydrogens is 607 g/mol. The van der Waals surface area contributed by atoms with Crippen molar-refractivity contribution in [3.63, 3.8) is 0 Å². The van der Waals surface area contributed by atoms with E-state index in [0.717, 1.165) is 34.7 Å². The van der Waals surface area contributed by atoms with E-state index in [1.54, 1.807) is 0 Å². The van der Waals surface area contributed by atoms with Crippen molar-refractivity contribution < 1.29 is 4.74 Å². The molecule has 0 unspecified atom stereocenters. The first-order chi connectivity index (χ1) is 24.2. The average molecular weight is 656 g/mol. The van der Waals surface area contributed by atoms with E-state index < -0.39 is 0 Å². The molecule has 11 rings (SSSR count). The number of fused-ring (bicyclic) bond motifs is 3.